The Kier molecular flexibility index (Phi) is 13.0. The van der Waals surface area contributed by atoms with Gasteiger partial charge in [0.25, 0.3) is 0 Å². The van der Waals surface area contributed by atoms with Crippen molar-refractivity contribution >= 4 is 15.6 Å². The quantitative estimate of drug-likeness (QED) is 0.387. The van der Waals surface area contributed by atoms with Crippen LogP contribution in [0, 0.1) is 0 Å². The van der Waals surface area contributed by atoms with E-state index in [1.54, 1.807) is 0 Å². The van der Waals surface area contributed by atoms with Gasteiger partial charge in [0.2, 0.25) is 0 Å². The standard InChI is InChI=1S/C14H11.C2H7Si.2ClH.Zr/c1-2-6-11(5-1)14-10-9-12-7-3-4-8-13(12)14;1-3-2;;;/h1-10,14H;3H,1-2H3;2*1H;/q-1;;;;+3/p-2. The number of benzene rings is 1. The van der Waals surface area contributed by atoms with Gasteiger partial charge in [-0.25, -0.2) is 12.1 Å². The van der Waals surface area contributed by atoms with E-state index in [2.05, 4.69) is 73.8 Å². The van der Waals surface area contributed by atoms with Crippen LogP contribution in [0.4, 0.5) is 0 Å². The molecular weight excluding hydrogens is 382 g/mol. The van der Waals surface area contributed by atoms with Crippen LogP contribution in [-0.4, -0.2) is 9.52 Å². The monoisotopic (exact) mass is 398 g/mol. The first-order valence-electron chi connectivity index (χ1n) is 6.09. The maximum absolute atomic E-state index is 2.28. The fraction of sp³-hybridized carbons (Fsp3) is 0.188. The topological polar surface area (TPSA) is 0 Å². The van der Waals surface area contributed by atoms with E-state index in [1.165, 1.54) is 16.7 Å². The van der Waals surface area contributed by atoms with Crippen molar-refractivity contribution < 1.29 is 51.0 Å². The van der Waals surface area contributed by atoms with Crippen LogP contribution in [0.25, 0.3) is 6.08 Å². The van der Waals surface area contributed by atoms with Gasteiger partial charge in [0.1, 0.15) is 0 Å². The molecule has 0 spiro atoms. The summed E-state index contributed by atoms with van der Waals surface area (Å²) in [5.74, 6) is 0.473. The van der Waals surface area contributed by atoms with Gasteiger partial charge >= 0.3 is 26.2 Å². The van der Waals surface area contributed by atoms with Crippen molar-refractivity contribution in [3.05, 3.63) is 71.3 Å². The summed E-state index contributed by atoms with van der Waals surface area (Å²) in [6.45, 7) is 4.42. The van der Waals surface area contributed by atoms with Crippen molar-refractivity contribution in [3.63, 3.8) is 0 Å². The molecule has 1 unspecified atom stereocenters. The summed E-state index contributed by atoms with van der Waals surface area (Å²) in [6, 6.07) is 17.2. The zero-order valence-electron chi connectivity index (χ0n) is 11.7. The van der Waals surface area contributed by atoms with Crippen LogP contribution < -0.4 is 24.8 Å². The predicted molar refractivity (Wildman–Crippen MR) is 78.2 cm³/mol. The molecule has 0 bridgehead atoms. The third kappa shape index (κ3) is 5.41. The van der Waals surface area contributed by atoms with Gasteiger partial charge in [0, 0.05) is 9.52 Å². The summed E-state index contributed by atoms with van der Waals surface area (Å²) >= 11 is 0. The van der Waals surface area contributed by atoms with Crippen LogP contribution in [0.5, 0.6) is 0 Å². The number of fused-ring (bicyclic) bond motifs is 1. The van der Waals surface area contributed by atoms with Gasteiger partial charge in [-0.1, -0.05) is 49.5 Å². The van der Waals surface area contributed by atoms with Crippen molar-refractivity contribution in [2.24, 2.45) is 0 Å². The van der Waals surface area contributed by atoms with Crippen LogP contribution in [0.2, 0.25) is 13.1 Å². The second kappa shape index (κ2) is 11.6. The van der Waals surface area contributed by atoms with Gasteiger partial charge in [-0.3, -0.25) is 0 Å². The van der Waals surface area contributed by atoms with E-state index in [-0.39, 0.29) is 51.0 Å². The fourth-order valence-electron chi connectivity index (χ4n) is 2.14. The van der Waals surface area contributed by atoms with Gasteiger partial charge in [-0.15, -0.1) is 5.56 Å². The maximum atomic E-state index is 2.28. The molecule has 0 fully saturated rings. The first-order valence-corrected chi connectivity index (χ1v) is 8.40. The Balaban J connectivity index is 0. The molecule has 1 atom stereocenters. The number of hydrogen-bond donors (Lipinski definition) is 0. The maximum Gasteiger partial charge on any atom is 3.00 e. The van der Waals surface area contributed by atoms with E-state index in [1.807, 2.05) is 0 Å². The second-order valence-corrected chi connectivity index (χ2v) is 5.42. The molecule has 0 saturated heterocycles. The van der Waals surface area contributed by atoms with Crippen LogP contribution in [0.1, 0.15) is 22.6 Å². The molecular formula is C16H18Cl2SiZr. The minimum Gasteiger partial charge on any atom is -1.00 e. The molecule has 0 heterocycles. The molecule has 0 N–H and O–H groups in total. The van der Waals surface area contributed by atoms with E-state index in [0.717, 1.165) is 9.52 Å². The van der Waals surface area contributed by atoms with Crippen molar-refractivity contribution in [3.8, 4) is 0 Å². The van der Waals surface area contributed by atoms with Crippen LogP contribution in [-0.2, 0) is 26.2 Å². The molecule has 0 aromatic heterocycles. The summed E-state index contributed by atoms with van der Waals surface area (Å²) in [7, 11) is 0.750. The molecule has 104 valence electrons. The van der Waals surface area contributed by atoms with E-state index >= 15 is 0 Å². The number of rotatable bonds is 1. The number of halogens is 2. The Morgan fingerprint density at radius 1 is 0.950 bits per heavy atom. The minimum absolute atomic E-state index is 0. The molecule has 0 saturated carbocycles. The van der Waals surface area contributed by atoms with Crippen LogP contribution >= 0.6 is 0 Å². The van der Waals surface area contributed by atoms with Crippen molar-refractivity contribution in [2.45, 2.75) is 19.0 Å². The Labute approximate surface area is 156 Å². The van der Waals surface area contributed by atoms with Gasteiger partial charge in [-0.2, -0.15) is 12.1 Å². The molecule has 2 aromatic carbocycles. The molecule has 3 rings (SSSR count). The Morgan fingerprint density at radius 3 is 2.10 bits per heavy atom. The first kappa shape index (κ1) is 22.3. The molecule has 20 heavy (non-hydrogen) atoms. The van der Waals surface area contributed by atoms with E-state index in [9.17, 15) is 0 Å². The molecule has 0 nitrogen and oxygen atoms in total. The van der Waals surface area contributed by atoms with Crippen LogP contribution in [0.15, 0.2) is 54.6 Å². The second-order valence-electron chi connectivity index (χ2n) is 4.26. The molecule has 1 aliphatic carbocycles. The Hall–Kier alpha value is -0.01000. The normalized spacial score (nSPS) is 13.8. The summed E-state index contributed by atoms with van der Waals surface area (Å²) < 4.78 is 0. The SMILES string of the molecule is C1=CC([c-]2cccc2)c2ccccc21.C[SiH]C.[Cl-].[Cl-].[Zr+3]. The third-order valence-electron chi connectivity index (χ3n) is 2.85. The van der Waals surface area contributed by atoms with E-state index < -0.39 is 0 Å². The predicted octanol–water partition coefficient (Wildman–Crippen LogP) is -1.91. The number of hydrogen-bond acceptors (Lipinski definition) is 0. The summed E-state index contributed by atoms with van der Waals surface area (Å²) in [4.78, 5) is 0. The van der Waals surface area contributed by atoms with Crippen LogP contribution in [0.3, 0.4) is 0 Å². The summed E-state index contributed by atoms with van der Waals surface area (Å²) in [5.41, 5.74) is 4.18. The minimum atomic E-state index is 0. The molecule has 0 aliphatic heterocycles. The summed E-state index contributed by atoms with van der Waals surface area (Å²) in [5, 5.41) is 0. The fourth-order valence-corrected chi connectivity index (χ4v) is 2.14. The van der Waals surface area contributed by atoms with Gasteiger partial charge in [-0.05, 0) is 17.0 Å². The molecule has 2 aromatic rings. The zero-order valence-corrected chi connectivity index (χ0v) is 16.8. The zero-order chi connectivity index (χ0) is 12.1. The van der Waals surface area contributed by atoms with E-state index in [4.69, 9.17) is 0 Å². The Morgan fingerprint density at radius 2 is 1.50 bits per heavy atom. The average molecular weight is 401 g/mol. The van der Waals surface area contributed by atoms with Gasteiger partial charge in [0.05, 0.1) is 0 Å². The summed E-state index contributed by atoms with van der Waals surface area (Å²) in [6.07, 6.45) is 4.49. The molecule has 1 aliphatic rings. The smallest absolute Gasteiger partial charge is 1.00 e. The largest absolute Gasteiger partial charge is 3.00 e. The molecule has 4 heteroatoms. The van der Waals surface area contributed by atoms with Gasteiger partial charge < -0.3 is 24.8 Å². The third-order valence-corrected chi connectivity index (χ3v) is 2.85. The molecule has 2 radical (unpaired) electrons. The van der Waals surface area contributed by atoms with Crippen molar-refractivity contribution in [1.82, 2.24) is 0 Å². The van der Waals surface area contributed by atoms with Gasteiger partial charge in [0.15, 0.2) is 0 Å². The van der Waals surface area contributed by atoms with Crippen molar-refractivity contribution in [2.75, 3.05) is 0 Å². The Bertz CT molecular complexity index is 495. The van der Waals surface area contributed by atoms with Crippen molar-refractivity contribution in [1.29, 1.82) is 0 Å². The number of allylic oxidation sites excluding steroid dienone is 1. The molecule has 0 amide bonds. The van der Waals surface area contributed by atoms with E-state index in [0.29, 0.717) is 5.92 Å². The average Bonchev–Trinajstić information content (AvgIpc) is 2.98. The first-order chi connectivity index (χ1) is 8.36.